The van der Waals surface area contributed by atoms with Crippen LogP contribution in [-0.2, 0) is 0 Å². The molecule has 0 aliphatic heterocycles. The smallest absolute Gasteiger partial charge is 0.270 e. The molecule has 0 aliphatic rings. The number of fused-ring (bicyclic) bond motifs is 1. The number of aromatic nitrogens is 2. The third-order valence-electron chi connectivity index (χ3n) is 4.48. The summed E-state index contributed by atoms with van der Waals surface area (Å²) in [5, 5.41) is 25.1. The monoisotopic (exact) mass is 414 g/mol. The summed E-state index contributed by atoms with van der Waals surface area (Å²) in [7, 11) is 0. The quantitative estimate of drug-likeness (QED) is 0.195. The van der Waals surface area contributed by atoms with E-state index in [-0.39, 0.29) is 17.0 Å². The number of aromatic hydroxyl groups is 1. The molecule has 0 amide bonds. The second kappa shape index (κ2) is 8.46. The minimum Gasteiger partial charge on any atom is -0.507 e. The van der Waals surface area contributed by atoms with Crippen LogP contribution in [0.4, 0.5) is 11.4 Å². The second-order valence-electron chi connectivity index (χ2n) is 6.77. The van der Waals surface area contributed by atoms with Gasteiger partial charge in [0.2, 0.25) is 0 Å². The molecule has 4 aromatic rings. The number of rotatable bonds is 5. The number of hydrazone groups is 1. The third kappa shape index (κ3) is 4.56. The first-order valence-electron chi connectivity index (χ1n) is 9.36. The number of nitro benzene ring substituents is 1. The lowest BCUT2D eigenvalue weighted by Crippen LogP contribution is -2.20. The molecule has 0 atom stereocenters. The Balaban J connectivity index is 1.68. The molecule has 1 heterocycles. The number of hydrogen-bond acceptors (Lipinski definition) is 6. The summed E-state index contributed by atoms with van der Waals surface area (Å²) in [6.07, 6.45) is 1.29. The number of phenolic OH excluding ortho intramolecular Hbond substituents is 1. The fourth-order valence-corrected chi connectivity index (χ4v) is 2.87. The molecule has 31 heavy (non-hydrogen) atoms. The molecule has 0 saturated carbocycles. The number of benzene rings is 3. The first kappa shape index (κ1) is 19.8. The van der Waals surface area contributed by atoms with Crippen molar-refractivity contribution in [2.75, 3.05) is 0 Å². The zero-order chi connectivity index (χ0) is 21.8. The van der Waals surface area contributed by atoms with Crippen molar-refractivity contribution in [1.29, 1.82) is 0 Å². The predicted molar refractivity (Wildman–Crippen MR) is 119 cm³/mol. The van der Waals surface area contributed by atoms with Crippen molar-refractivity contribution in [2.45, 2.75) is 6.92 Å². The van der Waals surface area contributed by atoms with Crippen molar-refractivity contribution in [3.63, 3.8) is 0 Å². The number of phenols is 1. The maximum atomic E-state index is 11.0. The van der Waals surface area contributed by atoms with E-state index in [4.69, 9.17) is 0 Å². The summed E-state index contributed by atoms with van der Waals surface area (Å²) in [6.45, 7) is 1.99. The first-order valence-corrected chi connectivity index (χ1v) is 9.36. The van der Waals surface area contributed by atoms with Crippen molar-refractivity contribution in [3.8, 4) is 5.75 Å². The number of nitrogens with zero attached hydrogens (tertiary/aromatic N) is 4. The van der Waals surface area contributed by atoms with Gasteiger partial charge in [-0.05, 0) is 37.3 Å². The van der Waals surface area contributed by atoms with Crippen LogP contribution in [0.1, 0.15) is 17.0 Å². The Morgan fingerprint density at radius 3 is 2.68 bits per heavy atom. The summed E-state index contributed by atoms with van der Waals surface area (Å²) < 4.78 is 0. The summed E-state index contributed by atoms with van der Waals surface area (Å²) in [5.41, 5.74) is 6.30. The number of amidine groups is 1. The number of H-pyrrole nitrogens is 1. The molecule has 0 aliphatic carbocycles. The van der Waals surface area contributed by atoms with E-state index in [1.54, 1.807) is 0 Å². The summed E-state index contributed by atoms with van der Waals surface area (Å²) in [4.78, 5) is 22.8. The van der Waals surface area contributed by atoms with Gasteiger partial charge in [-0.25, -0.2) is 9.98 Å². The second-order valence-corrected chi connectivity index (χ2v) is 6.77. The fraction of sp³-hybridized carbons (Fsp3) is 0.0455. The molecular weight excluding hydrogens is 396 g/mol. The van der Waals surface area contributed by atoms with E-state index in [0.29, 0.717) is 17.3 Å². The van der Waals surface area contributed by atoms with E-state index >= 15 is 0 Å². The normalized spacial score (nSPS) is 11.8. The molecule has 4 rings (SSSR count). The lowest BCUT2D eigenvalue weighted by atomic mass is 10.2. The molecule has 0 unspecified atom stereocenters. The molecular formula is C22H18N6O3. The number of nitro groups is 1. The third-order valence-corrected chi connectivity index (χ3v) is 4.48. The molecule has 0 bridgehead atoms. The van der Waals surface area contributed by atoms with Crippen molar-refractivity contribution in [2.24, 2.45) is 10.1 Å². The number of hydrogen-bond donors (Lipinski definition) is 3. The van der Waals surface area contributed by atoms with Gasteiger partial charge in [0.05, 0.1) is 27.9 Å². The highest BCUT2D eigenvalue weighted by molar-refractivity contribution is 6.00. The molecule has 0 fully saturated rings. The van der Waals surface area contributed by atoms with Gasteiger partial charge in [-0.15, -0.1) is 0 Å². The Morgan fingerprint density at radius 1 is 1.16 bits per heavy atom. The van der Waals surface area contributed by atoms with Crippen LogP contribution in [0.25, 0.3) is 11.0 Å². The highest BCUT2D eigenvalue weighted by Gasteiger charge is 2.11. The van der Waals surface area contributed by atoms with E-state index in [1.807, 2.05) is 55.5 Å². The Labute approximate surface area is 177 Å². The average Bonchev–Trinajstić information content (AvgIpc) is 3.20. The molecule has 0 spiro atoms. The maximum absolute atomic E-state index is 11.0. The number of para-hydroxylation sites is 2. The van der Waals surface area contributed by atoms with Crippen molar-refractivity contribution >= 4 is 34.5 Å². The van der Waals surface area contributed by atoms with Crippen molar-refractivity contribution in [1.82, 2.24) is 15.4 Å². The van der Waals surface area contributed by atoms with Crippen LogP contribution in [0.5, 0.6) is 5.75 Å². The van der Waals surface area contributed by atoms with Gasteiger partial charge in [-0.3, -0.25) is 15.5 Å². The van der Waals surface area contributed by atoms with E-state index in [2.05, 4.69) is 25.5 Å². The zero-order valence-corrected chi connectivity index (χ0v) is 16.5. The van der Waals surface area contributed by atoms with Crippen LogP contribution in [-0.4, -0.2) is 32.0 Å². The molecule has 3 aromatic carbocycles. The Hall–Kier alpha value is -4.53. The van der Waals surface area contributed by atoms with Crippen molar-refractivity contribution in [3.05, 3.63) is 93.8 Å². The largest absolute Gasteiger partial charge is 0.507 e. The molecule has 154 valence electrons. The van der Waals surface area contributed by atoms with Gasteiger partial charge < -0.3 is 10.1 Å². The van der Waals surface area contributed by atoms with Crippen LogP contribution in [0.15, 0.2) is 76.8 Å². The van der Waals surface area contributed by atoms with Crippen LogP contribution in [0.2, 0.25) is 0 Å². The lowest BCUT2D eigenvalue weighted by molar-refractivity contribution is -0.384. The zero-order valence-electron chi connectivity index (χ0n) is 16.5. The van der Waals surface area contributed by atoms with E-state index in [0.717, 1.165) is 16.6 Å². The standard InChI is InChI=1S/C22H18N6O3/c1-14-6-8-16(9-7-14)24-22(21-25-18-4-2-3-5-19(18)26-21)27-23-13-15-12-17(28(30)31)10-11-20(15)29/h2-13,29H,1H3,(H,24,27)(H,25,26). The first-order chi connectivity index (χ1) is 15.0. The molecule has 0 radical (unpaired) electrons. The summed E-state index contributed by atoms with van der Waals surface area (Å²) in [5.74, 6) is 0.695. The molecule has 0 saturated heterocycles. The number of aliphatic imine (C=N–C) groups is 1. The number of nitrogens with one attached hydrogen (secondary N) is 2. The van der Waals surface area contributed by atoms with E-state index in [1.165, 1.54) is 24.4 Å². The average molecular weight is 414 g/mol. The fourth-order valence-electron chi connectivity index (χ4n) is 2.87. The highest BCUT2D eigenvalue weighted by Crippen LogP contribution is 2.21. The molecule has 3 N–H and O–H groups in total. The molecule has 9 heteroatoms. The number of non-ortho nitro benzene ring substituents is 1. The van der Waals surface area contributed by atoms with Crippen LogP contribution < -0.4 is 5.43 Å². The lowest BCUT2D eigenvalue weighted by Gasteiger charge is -2.04. The Bertz CT molecular complexity index is 1280. The van der Waals surface area contributed by atoms with Gasteiger partial charge in [-0.2, -0.15) is 5.10 Å². The van der Waals surface area contributed by atoms with Crippen LogP contribution in [0.3, 0.4) is 0 Å². The van der Waals surface area contributed by atoms with Gasteiger partial charge in [0, 0.05) is 17.7 Å². The minimum atomic E-state index is -0.539. The van der Waals surface area contributed by atoms with E-state index in [9.17, 15) is 15.2 Å². The SMILES string of the molecule is Cc1ccc(N=C(NN=Cc2cc([N+](=O)[O-])ccc2O)c2nc3ccccc3[nH]2)cc1. The van der Waals surface area contributed by atoms with Crippen LogP contribution in [0, 0.1) is 17.0 Å². The van der Waals surface area contributed by atoms with Gasteiger partial charge in [-0.1, -0.05) is 29.8 Å². The summed E-state index contributed by atoms with van der Waals surface area (Å²) in [6, 6.07) is 18.9. The number of aromatic amines is 1. The van der Waals surface area contributed by atoms with Gasteiger partial charge in [0.1, 0.15) is 5.75 Å². The number of imidazole rings is 1. The Kier molecular flexibility index (Phi) is 5.39. The molecule has 9 nitrogen and oxygen atoms in total. The molecule has 1 aromatic heterocycles. The highest BCUT2D eigenvalue weighted by atomic mass is 16.6. The van der Waals surface area contributed by atoms with Gasteiger partial charge in [0.25, 0.3) is 5.69 Å². The topological polar surface area (TPSA) is 129 Å². The number of aryl methyl sites for hydroxylation is 1. The van der Waals surface area contributed by atoms with Crippen LogP contribution >= 0.6 is 0 Å². The van der Waals surface area contributed by atoms with Crippen molar-refractivity contribution < 1.29 is 10.0 Å². The van der Waals surface area contributed by atoms with E-state index < -0.39 is 4.92 Å². The minimum absolute atomic E-state index is 0.128. The van der Waals surface area contributed by atoms with Gasteiger partial charge >= 0.3 is 0 Å². The maximum Gasteiger partial charge on any atom is 0.270 e. The van der Waals surface area contributed by atoms with Gasteiger partial charge in [0.15, 0.2) is 11.7 Å². The summed E-state index contributed by atoms with van der Waals surface area (Å²) >= 11 is 0. The predicted octanol–water partition coefficient (Wildman–Crippen LogP) is 4.19. The Morgan fingerprint density at radius 2 is 1.94 bits per heavy atom.